The van der Waals surface area contributed by atoms with Crippen LogP contribution in [-0.2, 0) is 4.74 Å². The number of hydrogen-bond donors (Lipinski definition) is 0. The van der Waals surface area contributed by atoms with Crippen LogP contribution in [0.2, 0.25) is 0 Å². The molecule has 1 rings (SSSR count). The van der Waals surface area contributed by atoms with Gasteiger partial charge in [-0.25, -0.2) is 0 Å². The Kier molecular flexibility index (Phi) is 34.1. The second-order valence-corrected chi connectivity index (χ2v) is 14.2. The summed E-state index contributed by atoms with van der Waals surface area (Å²) in [6.45, 7) is 13.9. The van der Waals surface area contributed by atoms with Gasteiger partial charge in [0.15, 0.2) is 0 Å². The maximum atomic E-state index is 5.55. The molecule has 0 N–H and O–H groups in total. The van der Waals surface area contributed by atoms with Crippen LogP contribution in [0.4, 0.5) is 0 Å². The second kappa shape index (κ2) is 36.2. The number of nitrogens with zero attached hydrogens (tertiary/aromatic N) is 2. The smallest absolute Gasteiger partial charge is 0.0594 e. The summed E-state index contributed by atoms with van der Waals surface area (Å²) in [6.07, 6.45) is 48.7. The molecule has 0 aromatic heterocycles. The van der Waals surface area contributed by atoms with E-state index in [1.807, 2.05) is 0 Å². The Morgan fingerprint density at radius 3 is 1.16 bits per heavy atom. The summed E-state index contributed by atoms with van der Waals surface area (Å²) in [6, 6.07) is 0. The Morgan fingerprint density at radius 2 is 0.756 bits per heavy atom. The molecule has 266 valence electrons. The Labute approximate surface area is 284 Å². The second-order valence-electron chi connectivity index (χ2n) is 14.2. The minimum atomic E-state index is 0.925. The van der Waals surface area contributed by atoms with Gasteiger partial charge in [0.2, 0.25) is 0 Å². The van der Waals surface area contributed by atoms with E-state index in [-0.39, 0.29) is 0 Å². The molecular formula is C42H82N2O. The maximum absolute atomic E-state index is 5.55. The summed E-state index contributed by atoms with van der Waals surface area (Å²) < 4.78 is 5.55. The first-order valence-electron chi connectivity index (χ1n) is 20.7. The van der Waals surface area contributed by atoms with E-state index in [9.17, 15) is 0 Å². The molecule has 0 aromatic rings. The van der Waals surface area contributed by atoms with E-state index in [0.717, 1.165) is 26.3 Å². The Hall–Kier alpha value is -0.640. The van der Waals surface area contributed by atoms with E-state index < -0.39 is 0 Å². The summed E-state index contributed by atoms with van der Waals surface area (Å²) in [5.74, 6) is 0. The lowest BCUT2D eigenvalue weighted by atomic mass is 10.1. The number of rotatable bonds is 35. The molecule has 1 saturated heterocycles. The normalized spacial score (nSPS) is 14.6. The third-order valence-electron chi connectivity index (χ3n) is 9.77. The van der Waals surface area contributed by atoms with Crippen LogP contribution in [0.15, 0.2) is 24.3 Å². The van der Waals surface area contributed by atoms with E-state index in [1.54, 1.807) is 0 Å². The number of allylic oxidation sites excluding steroid dienone is 4. The minimum Gasteiger partial charge on any atom is -0.379 e. The molecule has 1 fully saturated rings. The lowest BCUT2D eigenvalue weighted by Crippen LogP contribution is -2.38. The van der Waals surface area contributed by atoms with Crippen LogP contribution in [0, 0.1) is 0 Å². The highest BCUT2D eigenvalue weighted by Crippen LogP contribution is 2.13. The lowest BCUT2D eigenvalue weighted by Gasteiger charge is -2.28. The molecule has 1 heterocycles. The molecule has 0 bridgehead atoms. The molecule has 0 saturated carbocycles. The van der Waals surface area contributed by atoms with Gasteiger partial charge in [-0.2, -0.15) is 0 Å². The van der Waals surface area contributed by atoms with Crippen LogP contribution in [0.1, 0.15) is 194 Å². The molecule has 0 radical (unpaired) electrons. The van der Waals surface area contributed by atoms with Crippen LogP contribution >= 0.6 is 0 Å². The Morgan fingerprint density at radius 1 is 0.422 bits per heavy atom. The van der Waals surface area contributed by atoms with Crippen molar-refractivity contribution in [2.75, 3.05) is 52.5 Å². The van der Waals surface area contributed by atoms with Crippen LogP contribution in [0.5, 0.6) is 0 Å². The lowest BCUT2D eigenvalue weighted by molar-refractivity contribution is 0.0360. The zero-order valence-corrected chi connectivity index (χ0v) is 31.1. The predicted molar refractivity (Wildman–Crippen MR) is 203 cm³/mol. The molecule has 0 aliphatic carbocycles. The summed E-state index contributed by atoms with van der Waals surface area (Å²) in [7, 11) is 0. The van der Waals surface area contributed by atoms with Gasteiger partial charge in [0.05, 0.1) is 13.2 Å². The summed E-state index contributed by atoms with van der Waals surface area (Å²) in [5.41, 5.74) is 0. The van der Waals surface area contributed by atoms with Gasteiger partial charge in [0, 0.05) is 13.1 Å². The molecule has 0 amide bonds. The van der Waals surface area contributed by atoms with Crippen molar-refractivity contribution >= 4 is 0 Å². The van der Waals surface area contributed by atoms with Gasteiger partial charge in [-0.3, -0.25) is 4.90 Å². The monoisotopic (exact) mass is 631 g/mol. The molecule has 0 spiro atoms. The molecule has 45 heavy (non-hydrogen) atoms. The largest absolute Gasteiger partial charge is 0.379 e. The zero-order valence-electron chi connectivity index (χ0n) is 31.1. The van der Waals surface area contributed by atoms with Crippen molar-refractivity contribution < 1.29 is 4.74 Å². The molecule has 3 heteroatoms. The number of morpholine rings is 1. The average Bonchev–Trinajstić information content (AvgIpc) is 3.06. The van der Waals surface area contributed by atoms with E-state index in [1.165, 1.54) is 206 Å². The molecule has 0 atom stereocenters. The molecular weight excluding hydrogens is 548 g/mol. The van der Waals surface area contributed by atoms with Gasteiger partial charge in [-0.1, -0.05) is 147 Å². The van der Waals surface area contributed by atoms with Gasteiger partial charge in [0.1, 0.15) is 0 Å². The zero-order chi connectivity index (χ0) is 32.1. The Balaban J connectivity index is 2.06. The quantitative estimate of drug-likeness (QED) is 0.0512. The molecule has 0 aromatic carbocycles. The molecule has 3 nitrogen and oxygen atoms in total. The third kappa shape index (κ3) is 31.7. The third-order valence-corrected chi connectivity index (χ3v) is 9.77. The van der Waals surface area contributed by atoms with Crippen molar-refractivity contribution in [1.82, 2.24) is 9.80 Å². The van der Waals surface area contributed by atoms with Gasteiger partial charge in [-0.15, -0.1) is 0 Å². The number of unbranched alkanes of at least 4 members (excludes halogenated alkanes) is 23. The van der Waals surface area contributed by atoms with E-state index in [0.29, 0.717) is 0 Å². The topological polar surface area (TPSA) is 15.7 Å². The van der Waals surface area contributed by atoms with Crippen LogP contribution in [0.3, 0.4) is 0 Å². The number of hydrogen-bond acceptors (Lipinski definition) is 3. The molecule has 0 unspecified atom stereocenters. The standard InChI is InChI=1S/C42H82N2O/c1-3-5-7-9-11-13-15-17-19-21-23-25-27-29-31-33-36-43(37-34-38-44-39-41-45-42-40-44)35-32-30-28-26-24-22-20-18-16-14-12-10-8-6-4-2/h17-20H,3-16,21-42H2,1-2H3/b19-17+,20-18+. The van der Waals surface area contributed by atoms with Gasteiger partial charge >= 0.3 is 0 Å². The summed E-state index contributed by atoms with van der Waals surface area (Å²) in [4.78, 5) is 5.41. The van der Waals surface area contributed by atoms with Gasteiger partial charge < -0.3 is 9.64 Å². The van der Waals surface area contributed by atoms with Crippen molar-refractivity contribution in [3.63, 3.8) is 0 Å². The summed E-state index contributed by atoms with van der Waals surface area (Å²) in [5, 5.41) is 0. The van der Waals surface area contributed by atoms with Crippen molar-refractivity contribution in [1.29, 1.82) is 0 Å². The maximum Gasteiger partial charge on any atom is 0.0594 e. The highest BCUT2D eigenvalue weighted by atomic mass is 16.5. The predicted octanol–water partition coefficient (Wildman–Crippen LogP) is 12.7. The highest BCUT2D eigenvalue weighted by molar-refractivity contribution is 4.82. The molecule has 1 aliphatic rings. The fraction of sp³-hybridized carbons (Fsp3) is 0.905. The minimum absolute atomic E-state index is 0.925. The molecule has 1 aliphatic heterocycles. The van der Waals surface area contributed by atoms with E-state index >= 15 is 0 Å². The highest BCUT2D eigenvalue weighted by Gasteiger charge is 2.11. The number of ether oxygens (including phenoxy) is 1. The van der Waals surface area contributed by atoms with Crippen molar-refractivity contribution in [3.8, 4) is 0 Å². The van der Waals surface area contributed by atoms with E-state index in [4.69, 9.17) is 4.74 Å². The van der Waals surface area contributed by atoms with E-state index in [2.05, 4.69) is 48.0 Å². The van der Waals surface area contributed by atoms with Crippen molar-refractivity contribution in [2.24, 2.45) is 0 Å². The fourth-order valence-corrected chi connectivity index (χ4v) is 6.67. The Bertz CT molecular complexity index is 612. The summed E-state index contributed by atoms with van der Waals surface area (Å²) >= 11 is 0. The first-order chi connectivity index (χ1) is 22.4. The van der Waals surface area contributed by atoms with Crippen LogP contribution in [-0.4, -0.2) is 62.3 Å². The SMILES string of the molecule is CCCCCCCC/C=C/CCCCCCCCN(CCCCCCC/C=C/CCCCCCCC)CCCN1CCOCC1. The van der Waals surface area contributed by atoms with Crippen LogP contribution < -0.4 is 0 Å². The van der Waals surface area contributed by atoms with Crippen LogP contribution in [0.25, 0.3) is 0 Å². The van der Waals surface area contributed by atoms with Crippen molar-refractivity contribution in [3.05, 3.63) is 24.3 Å². The van der Waals surface area contributed by atoms with Gasteiger partial charge in [0.25, 0.3) is 0 Å². The first-order valence-corrected chi connectivity index (χ1v) is 20.7. The first kappa shape index (κ1) is 42.4. The average molecular weight is 631 g/mol. The fourth-order valence-electron chi connectivity index (χ4n) is 6.67. The van der Waals surface area contributed by atoms with Crippen molar-refractivity contribution in [2.45, 2.75) is 194 Å². The van der Waals surface area contributed by atoms with Gasteiger partial charge in [-0.05, 0) is 96.8 Å².